The van der Waals surface area contributed by atoms with Gasteiger partial charge in [-0.15, -0.1) is 0 Å². The van der Waals surface area contributed by atoms with Crippen molar-refractivity contribution >= 4 is 68.0 Å². The van der Waals surface area contributed by atoms with Crippen LogP contribution in [0.2, 0.25) is 0 Å². The normalized spacial score (nSPS) is 12.4. The average Bonchev–Trinajstić information content (AvgIpc) is 3.02. The standard InChI is InChI=1S/C24H26N6.C24H28N6.C22H24N6/c1-17-15-18(9-14-30-12-2-3-13-30)6-7-21(17)28-24-26-11-8-22(29-24)20-16-27-23-19(20)5-4-10-25-23;1-4-30(5-2)14-11-18-8-9-21(17(3)15-18)28-24-26-13-10-22(29-24)20-16-27-23-19(20)7-6-12-25-23;1-15-13-16(9-12-28(2)3)6-7-19(15)26-22-24-11-8-20(27-22)18-14-25-21-17(18)5-4-10-23-21/h4-8,10-11,15-16H,2-3,9,12-14H2,1H3,(H,25,27)(H,26,28,29);6-10,12-13,15-16H,4-5,11,14H2,1-3H3,(H,25,27)(H,26,28,29);4-8,10-11,13-14H,9,12H2,1-3H3,(H,23,25)(H,24,26,27). The Kier molecular flexibility index (Phi) is 19.5. The van der Waals surface area contributed by atoms with E-state index in [9.17, 15) is 0 Å². The highest BCUT2D eigenvalue weighted by Crippen LogP contribution is 2.31. The second-order valence-corrected chi connectivity index (χ2v) is 22.6. The molecule has 0 unspecified atom stereocenters. The number of nitrogens with one attached hydrogen (secondary N) is 6. The van der Waals surface area contributed by atoms with E-state index in [0.717, 1.165) is 136 Å². The zero-order chi connectivity index (χ0) is 60.8. The summed E-state index contributed by atoms with van der Waals surface area (Å²) in [7, 11) is 4.19. The molecule has 0 bridgehead atoms. The van der Waals surface area contributed by atoms with Gasteiger partial charge in [-0.2, -0.15) is 0 Å². The first-order chi connectivity index (χ1) is 43.0. The Hall–Kier alpha value is -9.75. The van der Waals surface area contributed by atoms with Gasteiger partial charge in [0.05, 0.1) is 17.1 Å². The van der Waals surface area contributed by atoms with Gasteiger partial charge in [0, 0.05) is 125 Å². The van der Waals surface area contributed by atoms with Crippen LogP contribution in [0.4, 0.5) is 34.9 Å². The van der Waals surface area contributed by atoms with E-state index < -0.39 is 0 Å². The zero-order valence-corrected chi connectivity index (χ0v) is 51.4. The Morgan fingerprint density at radius 2 is 0.818 bits per heavy atom. The maximum Gasteiger partial charge on any atom is 0.227 e. The van der Waals surface area contributed by atoms with Crippen molar-refractivity contribution in [2.75, 3.05) is 75.9 Å². The van der Waals surface area contributed by atoms with E-state index >= 15 is 0 Å². The molecule has 0 amide bonds. The lowest BCUT2D eigenvalue weighted by molar-refractivity contribution is 0.308. The third kappa shape index (κ3) is 15.1. The van der Waals surface area contributed by atoms with Crippen LogP contribution in [-0.4, -0.2) is 134 Å². The van der Waals surface area contributed by atoms with Crippen LogP contribution in [-0.2, 0) is 19.3 Å². The molecule has 0 radical (unpaired) electrons. The molecule has 0 spiro atoms. The van der Waals surface area contributed by atoms with Crippen molar-refractivity contribution in [3.8, 4) is 33.8 Å². The molecule has 13 rings (SSSR count). The van der Waals surface area contributed by atoms with Crippen LogP contribution in [0.25, 0.3) is 66.9 Å². The molecule has 1 aliphatic rings. The number of H-pyrrole nitrogens is 3. The van der Waals surface area contributed by atoms with E-state index in [0.29, 0.717) is 17.8 Å². The summed E-state index contributed by atoms with van der Waals surface area (Å²) in [4.78, 5) is 57.3. The number of likely N-dealkylation sites (tertiary alicyclic amines) is 1. The van der Waals surface area contributed by atoms with E-state index in [1.165, 1.54) is 59.3 Å². The number of hydrogen-bond donors (Lipinski definition) is 6. The fourth-order valence-corrected chi connectivity index (χ4v) is 11.1. The number of aromatic nitrogens is 12. The fourth-order valence-electron chi connectivity index (χ4n) is 11.1. The first-order valence-corrected chi connectivity index (χ1v) is 30.5. The minimum atomic E-state index is 0.583. The quantitative estimate of drug-likeness (QED) is 0.0419. The molecule has 6 N–H and O–H groups in total. The highest BCUT2D eigenvalue weighted by molar-refractivity contribution is 5.94. The maximum atomic E-state index is 4.74. The van der Waals surface area contributed by atoms with Gasteiger partial charge in [-0.3, -0.25) is 0 Å². The molecule has 0 atom stereocenters. The number of likely N-dealkylation sites (N-methyl/N-ethyl adjacent to an activating group) is 2. The SMILES string of the molecule is CCN(CC)CCc1ccc(Nc2nccc(-c3c[nH]c4ncccc34)n2)c(C)c1.Cc1cc(CCN(C)C)ccc1Nc1nccc(-c2c[nH]c3ncccc23)n1.Cc1cc(CCN2CCCC2)ccc1Nc1nccc(-c2c[nH]c3ncccc23)n1. The third-order valence-electron chi connectivity index (χ3n) is 16.1. The van der Waals surface area contributed by atoms with Crippen LogP contribution in [0.15, 0.2) is 165 Å². The number of anilines is 6. The molecule has 88 heavy (non-hydrogen) atoms. The second-order valence-electron chi connectivity index (χ2n) is 22.6. The summed E-state index contributed by atoms with van der Waals surface area (Å²) >= 11 is 0. The number of aryl methyl sites for hydroxylation is 3. The number of rotatable bonds is 20. The number of aromatic amines is 3. The van der Waals surface area contributed by atoms with Crippen LogP contribution < -0.4 is 16.0 Å². The Labute approximate surface area is 514 Å². The minimum Gasteiger partial charge on any atom is -0.345 e. The van der Waals surface area contributed by atoms with Crippen LogP contribution in [0.5, 0.6) is 0 Å². The number of nitrogens with zero attached hydrogens (tertiary/aromatic N) is 12. The smallest absolute Gasteiger partial charge is 0.227 e. The van der Waals surface area contributed by atoms with Gasteiger partial charge >= 0.3 is 0 Å². The van der Waals surface area contributed by atoms with Crippen molar-refractivity contribution in [3.05, 3.63) is 198 Å². The molecule has 1 aliphatic heterocycles. The summed E-state index contributed by atoms with van der Waals surface area (Å²) in [5.41, 5.74) is 19.0. The van der Waals surface area contributed by atoms with E-state index in [1.807, 2.05) is 73.2 Å². The first-order valence-electron chi connectivity index (χ1n) is 30.5. The van der Waals surface area contributed by atoms with Crippen molar-refractivity contribution in [2.45, 2.75) is 66.7 Å². The molecule has 3 aromatic carbocycles. The zero-order valence-electron chi connectivity index (χ0n) is 51.4. The fraction of sp³-hybridized carbons (Fsp3) is 0.271. The lowest BCUT2D eigenvalue weighted by atomic mass is 10.1. The summed E-state index contributed by atoms with van der Waals surface area (Å²) in [6.45, 7) is 18.7. The van der Waals surface area contributed by atoms with E-state index in [1.54, 1.807) is 37.2 Å². The first kappa shape index (κ1) is 60.0. The van der Waals surface area contributed by atoms with Gasteiger partial charge in [-0.1, -0.05) is 50.2 Å². The minimum absolute atomic E-state index is 0.583. The molecular formula is C70H78N18. The lowest BCUT2D eigenvalue weighted by Crippen LogP contribution is -2.25. The molecule has 1 saturated heterocycles. The van der Waals surface area contributed by atoms with Crippen molar-refractivity contribution in [3.63, 3.8) is 0 Å². The van der Waals surface area contributed by atoms with Crippen LogP contribution >= 0.6 is 0 Å². The largest absolute Gasteiger partial charge is 0.345 e. The third-order valence-corrected chi connectivity index (χ3v) is 16.1. The van der Waals surface area contributed by atoms with Crippen molar-refractivity contribution < 1.29 is 0 Å². The molecule has 10 heterocycles. The predicted molar refractivity (Wildman–Crippen MR) is 358 cm³/mol. The number of benzene rings is 3. The summed E-state index contributed by atoms with van der Waals surface area (Å²) in [6, 6.07) is 37.4. The maximum absolute atomic E-state index is 4.74. The molecule has 1 fully saturated rings. The van der Waals surface area contributed by atoms with Gasteiger partial charge in [-0.05, 0) is 199 Å². The Balaban J connectivity index is 0.000000137. The lowest BCUT2D eigenvalue weighted by Gasteiger charge is -2.18. The van der Waals surface area contributed by atoms with Crippen molar-refractivity contribution in [1.82, 2.24) is 74.5 Å². The van der Waals surface area contributed by atoms with Gasteiger partial charge in [0.25, 0.3) is 0 Å². The average molecular weight is 1170 g/mol. The summed E-state index contributed by atoms with van der Waals surface area (Å²) in [5.74, 6) is 1.77. The van der Waals surface area contributed by atoms with Crippen LogP contribution in [0, 0.1) is 20.8 Å². The van der Waals surface area contributed by atoms with Gasteiger partial charge in [0.2, 0.25) is 17.8 Å². The Bertz CT molecular complexity index is 4080. The van der Waals surface area contributed by atoms with Gasteiger partial charge < -0.3 is 45.6 Å². The van der Waals surface area contributed by atoms with Crippen molar-refractivity contribution in [2.24, 2.45) is 0 Å². The predicted octanol–water partition coefficient (Wildman–Crippen LogP) is 13.8. The number of fused-ring (bicyclic) bond motifs is 3. The van der Waals surface area contributed by atoms with Gasteiger partial charge in [-0.25, -0.2) is 44.9 Å². The summed E-state index contributed by atoms with van der Waals surface area (Å²) in [5, 5.41) is 13.3. The van der Waals surface area contributed by atoms with Crippen LogP contribution in [0.3, 0.4) is 0 Å². The summed E-state index contributed by atoms with van der Waals surface area (Å²) in [6.07, 6.45) is 22.4. The molecule has 448 valence electrons. The Morgan fingerprint density at radius 3 is 1.18 bits per heavy atom. The molecular weight excluding hydrogens is 1090 g/mol. The Morgan fingerprint density at radius 1 is 0.443 bits per heavy atom. The highest BCUT2D eigenvalue weighted by atomic mass is 15.1. The van der Waals surface area contributed by atoms with Gasteiger partial charge in [0.1, 0.15) is 16.9 Å². The topological polar surface area (TPSA) is 209 Å². The van der Waals surface area contributed by atoms with Crippen molar-refractivity contribution in [1.29, 1.82) is 0 Å². The molecule has 18 nitrogen and oxygen atoms in total. The number of hydrogen-bond acceptors (Lipinski definition) is 15. The van der Waals surface area contributed by atoms with E-state index in [4.69, 9.17) is 15.0 Å². The molecule has 9 aromatic heterocycles. The van der Waals surface area contributed by atoms with Crippen LogP contribution in [0.1, 0.15) is 60.1 Å². The highest BCUT2D eigenvalue weighted by Gasteiger charge is 2.16. The monoisotopic (exact) mass is 1170 g/mol. The molecule has 12 aromatic rings. The van der Waals surface area contributed by atoms with E-state index in [-0.39, 0.29) is 0 Å². The number of pyridine rings is 3. The molecule has 0 saturated carbocycles. The molecule has 0 aliphatic carbocycles. The summed E-state index contributed by atoms with van der Waals surface area (Å²) < 4.78 is 0. The molecule has 18 heteroatoms. The van der Waals surface area contributed by atoms with Gasteiger partial charge in [0.15, 0.2) is 0 Å². The second kappa shape index (κ2) is 28.6. The van der Waals surface area contributed by atoms with E-state index in [2.05, 4.69) is 179 Å².